The van der Waals surface area contributed by atoms with Crippen molar-refractivity contribution in [2.45, 2.75) is 31.8 Å². The van der Waals surface area contributed by atoms with Crippen LogP contribution in [-0.4, -0.2) is 19.1 Å². The van der Waals surface area contributed by atoms with Crippen molar-refractivity contribution in [2.75, 3.05) is 13.1 Å². The molecule has 1 fully saturated rings. The van der Waals surface area contributed by atoms with Gasteiger partial charge in [0.15, 0.2) is 0 Å². The lowest BCUT2D eigenvalue weighted by atomic mass is 10.0. The molecular weight excluding hydrogens is 232 g/mol. The van der Waals surface area contributed by atoms with Gasteiger partial charge in [0.25, 0.3) is 0 Å². The zero-order chi connectivity index (χ0) is 12.9. The summed E-state index contributed by atoms with van der Waals surface area (Å²) in [7, 11) is 0. The van der Waals surface area contributed by atoms with Crippen LogP contribution in [0.1, 0.15) is 24.8 Å². The first-order chi connectivity index (χ1) is 9.43. The third-order valence-electron chi connectivity index (χ3n) is 4.04. The van der Waals surface area contributed by atoms with E-state index in [1.807, 2.05) is 0 Å². The molecule has 3 rings (SSSR count). The SMILES string of the molecule is c1ccc2c(CNC3CCCNCC3)cccc2c1. The Bertz CT molecular complexity index is 522. The Kier molecular flexibility index (Phi) is 4.11. The van der Waals surface area contributed by atoms with Crippen molar-refractivity contribution in [3.63, 3.8) is 0 Å². The van der Waals surface area contributed by atoms with Crippen LogP contribution < -0.4 is 10.6 Å². The summed E-state index contributed by atoms with van der Waals surface area (Å²) in [6.07, 6.45) is 3.82. The van der Waals surface area contributed by atoms with E-state index < -0.39 is 0 Å². The van der Waals surface area contributed by atoms with Crippen molar-refractivity contribution in [1.29, 1.82) is 0 Å². The Balaban J connectivity index is 1.71. The van der Waals surface area contributed by atoms with Gasteiger partial charge in [0.1, 0.15) is 0 Å². The Hall–Kier alpha value is -1.38. The van der Waals surface area contributed by atoms with Crippen LogP contribution in [0.4, 0.5) is 0 Å². The van der Waals surface area contributed by atoms with Gasteiger partial charge in [0, 0.05) is 12.6 Å². The number of benzene rings is 2. The second kappa shape index (κ2) is 6.18. The molecule has 19 heavy (non-hydrogen) atoms. The Labute approximate surface area is 115 Å². The average molecular weight is 254 g/mol. The molecule has 0 spiro atoms. The molecule has 0 aromatic heterocycles. The molecule has 100 valence electrons. The van der Waals surface area contributed by atoms with Crippen LogP contribution in [0.15, 0.2) is 42.5 Å². The standard InChI is InChI=1S/C17H22N2/c1-2-9-17-14(5-1)6-3-7-15(17)13-19-16-8-4-11-18-12-10-16/h1-3,5-7,9,16,18-19H,4,8,10-13H2. The molecule has 1 aliphatic rings. The highest BCUT2D eigenvalue weighted by atomic mass is 14.9. The normalized spacial score (nSPS) is 20.3. The molecule has 1 aliphatic heterocycles. The van der Waals surface area contributed by atoms with Crippen LogP contribution >= 0.6 is 0 Å². The van der Waals surface area contributed by atoms with Crippen molar-refractivity contribution in [2.24, 2.45) is 0 Å². The molecule has 2 N–H and O–H groups in total. The monoisotopic (exact) mass is 254 g/mol. The van der Waals surface area contributed by atoms with Crippen LogP contribution in [0.2, 0.25) is 0 Å². The summed E-state index contributed by atoms with van der Waals surface area (Å²) in [4.78, 5) is 0. The van der Waals surface area contributed by atoms with Gasteiger partial charge < -0.3 is 10.6 Å². The van der Waals surface area contributed by atoms with E-state index in [-0.39, 0.29) is 0 Å². The predicted molar refractivity (Wildman–Crippen MR) is 81.3 cm³/mol. The molecule has 0 aliphatic carbocycles. The molecule has 1 unspecified atom stereocenters. The lowest BCUT2D eigenvalue weighted by Crippen LogP contribution is -2.29. The molecule has 0 bridgehead atoms. The lowest BCUT2D eigenvalue weighted by molar-refractivity contribution is 0.469. The largest absolute Gasteiger partial charge is 0.317 e. The lowest BCUT2D eigenvalue weighted by Gasteiger charge is -2.16. The maximum absolute atomic E-state index is 3.73. The van der Waals surface area contributed by atoms with E-state index >= 15 is 0 Å². The molecular formula is C17H22N2. The van der Waals surface area contributed by atoms with E-state index in [2.05, 4.69) is 53.1 Å². The van der Waals surface area contributed by atoms with Crippen LogP contribution in [0, 0.1) is 0 Å². The number of rotatable bonds is 3. The maximum atomic E-state index is 3.73. The number of nitrogens with one attached hydrogen (secondary N) is 2. The van der Waals surface area contributed by atoms with Crippen molar-refractivity contribution in [3.8, 4) is 0 Å². The van der Waals surface area contributed by atoms with Gasteiger partial charge in [-0.3, -0.25) is 0 Å². The fraction of sp³-hybridized carbons (Fsp3) is 0.412. The topological polar surface area (TPSA) is 24.1 Å². The maximum Gasteiger partial charge on any atom is 0.0214 e. The number of hydrogen-bond donors (Lipinski definition) is 2. The van der Waals surface area contributed by atoms with E-state index in [0.717, 1.165) is 13.1 Å². The summed E-state index contributed by atoms with van der Waals surface area (Å²) < 4.78 is 0. The van der Waals surface area contributed by atoms with Gasteiger partial charge in [-0.2, -0.15) is 0 Å². The van der Waals surface area contributed by atoms with Crippen molar-refractivity contribution >= 4 is 10.8 Å². The van der Waals surface area contributed by atoms with Crippen molar-refractivity contribution in [3.05, 3.63) is 48.0 Å². The van der Waals surface area contributed by atoms with Crippen molar-refractivity contribution in [1.82, 2.24) is 10.6 Å². The second-order valence-electron chi connectivity index (χ2n) is 5.40. The number of fused-ring (bicyclic) bond motifs is 1. The summed E-state index contributed by atoms with van der Waals surface area (Å²) in [5.41, 5.74) is 1.41. The smallest absolute Gasteiger partial charge is 0.0214 e. The molecule has 1 atom stereocenters. The minimum absolute atomic E-state index is 0.661. The molecule has 2 nitrogen and oxygen atoms in total. The summed E-state index contributed by atoms with van der Waals surface area (Å²) in [5.74, 6) is 0. The van der Waals surface area contributed by atoms with Gasteiger partial charge in [-0.05, 0) is 48.7 Å². The molecule has 2 heteroatoms. The van der Waals surface area contributed by atoms with Crippen LogP contribution in [0.5, 0.6) is 0 Å². The van der Waals surface area contributed by atoms with Gasteiger partial charge in [-0.1, -0.05) is 42.5 Å². The summed E-state index contributed by atoms with van der Waals surface area (Å²) >= 11 is 0. The first kappa shape index (κ1) is 12.6. The Morgan fingerprint density at radius 1 is 1.00 bits per heavy atom. The quantitative estimate of drug-likeness (QED) is 0.879. The second-order valence-corrected chi connectivity index (χ2v) is 5.40. The molecule has 0 saturated carbocycles. The van der Waals surface area contributed by atoms with E-state index in [0.29, 0.717) is 6.04 Å². The fourth-order valence-electron chi connectivity index (χ4n) is 2.92. The fourth-order valence-corrected chi connectivity index (χ4v) is 2.92. The molecule has 2 aromatic carbocycles. The molecule has 1 saturated heterocycles. The van der Waals surface area contributed by atoms with E-state index in [1.165, 1.54) is 42.1 Å². The van der Waals surface area contributed by atoms with E-state index in [9.17, 15) is 0 Å². The van der Waals surface area contributed by atoms with Gasteiger partial charge >= 0.3 is 0 Å². The third kappa shape index (κ3) is 3.14. The third-order valence-corrected chi connectivity index (χ3v) is 4.04. The zero-order valence-corrected chi connectivity index (χ0v) is 11.4. The zero-order valence-electron chi connectivity index (χ0n) is 11.4. The minimum Gasteiger partial charge on any atom is -0.317 e. The first-order valence-corrected chi connectivity index (χ1v) is 7.34. The summed E-state index contributed by atoms with van der Waals surface area (Å²) in [5, 5.41) is 9.91. The Morgan fingerprint density at radius 3 is 2.89 bits per heavy atom. The Morgan fingerprint density at radius 2 is 1.89 bits per heavy atom. The van der Waals surface area contributed by atoms with Crippen LogP contribution in [0.25, 0.3) is 10.8 Å². The highest BCUT2D eigenvalue weighted by molar-refractivity contribution is 5.85. The van der Waals surface area contributed by atoms with Gasteiger partial charge in [0.2, 0.25) is 0 Å². The van der Waals surface area contributed by atoms with Crippen LogP contribution in [-0.2, 0) is 6.54 Å². The minimum atomic E-state index is 0.661. The first-order valence-electron chi connectivity index (χ1n) is 7.34. The van der Waals surface area contributed by atoms with E-state index in [1.54, 1.807) is 0 Å². The van der Waals surface area contributed by atoms with E-state index in [4.69, 9.17) is 0 Å². The summed E-state index contributed by atoms with van der Waals surface area (Å²) in [6, 6.07) is 15.9. The highest BCUT2D eigenvalue weighted by Gasteiger charge is 2.11. The van der Waals surface area contributed by atoms with Gasteiger partial charge in [-0.25, -0.2) is 0 Å². The average Bonchev–Trinajstić information content (AvgIpc) is 2.74. The predicted octanol–water partition coefficient (Wildman–Crippen LogP) is 3.07. The summed E-state index contributed by atoms with van der Waals surface area (Å²) in [6.45, 7) is 3.30. The molecule has 1 heterocycles. The number of hydrogen-bond acceptors (Lipinski definition) is 2. The van der Waals surface area contributed by atoms with Crippen molar-refractivity contribution < 1.29 is 0 Å². The molecule has 0 amide bonds. The molecule has 0 radical (unpaired) electrons. The van der Waals surface area contributed by atoms with Gasteiger partial charge in [0.05, 0.1) is 0 Å². The molecule has 2 aromatic rings. The van der Waals surface area contributed by atoms with Gasteiger partial charge in [-0.15, -0.1) is 0 Å². The van der Waals surface area contributed by atoms with Crippen LogP contribution in [0.3, 0.4) is 0 Å². The highest BCUT2D eigenvalue weighted by Crippen LogP contribution is 2.18.